The van der Waals surface area contributed by atoms with Crippen LogP contribution in [0.3, 0.4) is 0 Å². The molecular weight excluding hydrogens is 246 g/mol. The van der Waals surface area contributed by atoms with Crippen molar-refractivity contribution in [2.24, 2.45) is 11.8 Å². The summed E-state index contributed by atoms with van der Waals surface area (Å²) in [6.07, 6.45) is 2.86. The third-order valence-corrected chi connectivity index (χ3v) is 5.02. The van der Waals surface area contributed by atoms with E-state index >= 15 is 0 Å². The zero-order valence-electron chi connectivity index (χ0n) is 11.0. The number of nitrogens with one attached hydrogen (secondary N) is 1. The molecule has 0 saturated heterocycles. The molecule has 1 aromatic heterocycles. The van der Waals surface area contributed by atoms with E-state index in [1.54, 1.807) is 11.3 Å². The van der Waals surface area contributed by atoms with Crippen molar-refractivity contribution < 1.29 is 9.90 Å². The standard InChI is InChI=1S/C14H21NO2S/c1-10-5-6-11(2)14(8-10,13(16)17)15-9-12-4-3-7-18-12/h3-4,7,10-11,15H,5-6,8-9H2,1-2H3,(H,16,17). The van der Waals surface area contributed by atoms with Crippen LogP contribution in [-0.4, -0.2) is 16.6 Å². The molecular formula is C14H21NO2S. The Bertz CT molecular complexity index is 404. The molecule has 4 heteroatoms. The Kier molecular flexibility index (Phi) is 4.07. The van der Waals surface area contributed by atoms with Crippen LogP contribution < -0.4 is 5.32 Å². The van der Waals surface area contributed by atoms with Crippen LogP contribution in [0.25, 0.3) is 0 Å². The van der Waals surface area contributed by atoms with Gasteiger partial charge in [-0.1, -0.05) is 26.3 Å². The van der Waals surface area contributed by atoms with Crippen LogP contribution in [0.15, 0.2) is 17.5 Å². The summed E-state index contributed by atoms with van der Waals surface area (Å²) < 4.78 is 0. The summed E-state index contributed by atoms with van der Waals surface area (Å²) in [5, 5.41) is 15.0. The largest absolute Gasteiger partial charge is 0.480 e. The Morgan fingerprint density at radius 3 is 2.94 bits per heavy atom. The first-order valence-corrected chi connectivity index (χ1v) is 7.43. The van der Waals surface area contributed by atoms with Crippen molar-refractivity contribution in [3.63, 3.8) is 0 Å². The van der Waals surface area contributed by atoms with E-state index in [2.05, 4.69) is 19.2 Å². The zero-order valence-corrected chi connectivity index (χ0v) is 11.8. The average molecular weight is 267 g/mol. The molecule has 3 nitrogen and oxygen atoms in total. The number of aliphatic carboxylic acids is 1. The van der Waals surface area contributed by atoms with Crippen molar-refractivity contribution in [3.05, 3.63) is 22.4 Å². The van der Waals surface area contributed by atoms with Crippen LogP contribution in [0.5, 0.6) is 0 Å². The smallest absolute Gasteiger partial charge is 0.324 e. The molecule has 0 radical (unpaired) electrons. The highest BCUT2D eigenvalue weighted by atomic mass is 32.1. The van der Waals surface area contributed by atoms with Gasteiger partial charge < -0.3 is 5.11 Å². The van der Waals surface area contributed by atoms with Gasteiger partial charge in [0.15, 0.2) is 0 Å². The Morgan fingerprint density at radius 2 is 2.33 bits per heavy atom. The number of hydrogen-bond donors (Lipinski definition) is 2. The third kappa shape index (κ3) is 2.59. The van der Waals surface area contributed by atoms with Gasteiger partial charge in [0.05, 0.1) is 0 Å². The second-order valence-electron chi connectivity index (χ2n) is 5.50. The molecule has 1 aliphatic carbocycles. The molecule has 1 aromatic rings. The lowest BCUT2D eigenvalue weighted by Crippen LogP contribution is -2.59. The lowest BCUT2D eigenvalue weighted by molar-refractivity contribution is -0.150. The van der Waals surface area contributed by atoms with Gasteiger partial charge in [0.2, 0.25) is 0 Å². The Balaban J connectivity index is 2.12. The van der Waals surface area contributed by atoms with Gasteiger partial charge in [0, 0.05) is 11.4 Å². The molecule has 0 aliphatic heterocycles. The van der Waals surface area contributed by atoms with Gasteiger partial charge in [-0.15, -0.1) is 11.3 Å². The zero-order chi connectivity index (χ0) is 13.2. The minimum absolute atomic E-state index is 0.186. The van der Waals surface area contributed by atoms with E-state index in [1.807, 2.05) is 17.5 Å². The Labute approximate surface area is 112 Å². The van der Waals surface area contributed by atoms with Crippen molar-refractivity contribution in [1.29, 1.82) is 0 Å². The molecule has 18 heavy (non-hydrogen) atoms. The molecule has 0 aromatic carbocycles. The molecule has 0 spiro atoms. The number of carboxylic acid groups (broad SMARTS) is 1. The fourth-order valence-electron chi connectivity index (χ4n) is 2.91. The van der Waals surface area contributed by atoms with Crippen molar-refractivity contribution in [2.45, 2.75) is 45.2 Å². The first-order valence-electron chi connectivity index (χ1n) is 6.55. The highest BCUT2D eigenvalue weighted by Gasteiger charge is 2.46. The van der Waals surface area contributed by atoms with E-state index in [4.69, 9.17) is 0 Å². The molecule has 2 rings (SSSR count). The fourth-order valence-corrected chi connectivity index (χ4v) is 3.56. The highest BCUT2D eigenvalue weighted by Crippen LogP contribution is 2.37. The van der Waals surface area contributed by atoms with E-state index < -0.39 is 11.5 Å². The van der Waals surface area contributed by atoms with E-state index in [9.17, 15) is 9.90 Å². The van der Waals surface area contributed by atoms with Crippen molar-refractivity contribution in [3.8, 4) is 0 Å². The van der Waals surface area contributed by atoms with Crippen LogP contribution in [0, 0.1) is 11.8 Å². The Hall–Kier alpha value is -0.870. The summed E-state index contributed by atoms with van der Waals surface area (Å²) in [5.74, 6) is -0.0302. The second kappa shape index (κ2) is 5.41. The van der Waals surface area contributed by atoms with E-state index in [-0.39, 0.29) is 5.92 Å². The van der Waals surface area contributed by atoms with Crippen molar-refractivity contribution in [1.82, 2.24) is 5.32 Å². The van der Waals surface area contributed by atoms with Gasteiger partial charge in [-0.25, -0.2) is 0 Å². The molecule has 1 aliphatic rings. The van der Waals surface area contributed by atoms with Gasteiger partial charge in [-0.3, -0.25) is 10.1 Å². The Morgan fingerprint density at radius 1 is 1.56 bits per heavy atom. The molecule has 2 N–H and O–H groups in total. The highest BCUT2D eigenvalue weighted by molar-refractivity contribution is 7.09. The van der Waals surface area contributed by atoms with Gasteiger partial charge in [-0.2, -0.15) is 0 Å². The number of thiophene rings is 1. The minimum Gasteiger partial charge on any atom is -0.480 e. The number of hydrogen-bond acceptors (Lipinski definition) is 3. The van der Waals surface area contributed by atoms with Crippen LogP contribution in [0.2, 0.25) is 0 Å². The monoisotopic (exact) mass is 267 g/mol. The summed E-state index contributed by atoms with van der Waals surface area (Å²) in [7, 11) is 0. The lowest BCUT2D eigenvalue weighted by atomic mass is 9.69. The summed E-state index contributed by atoms with van der Waals surface area (Å²) in [4.78, 5) is 12.9. The molecule has 1 saturated carbocycles. The predicted octanol–water partition coefficient (Wildman–Crippen LogP) is 3.12. The summed E-state index contributed by atoms with van der Waals surface area (Å²) >= 11 is 1.67. The maximum Gasteiger partial charge on any atom is 0.324 e. The average Bonchev–Trinajstić information content (AvgIpc) is 2.83. The second-order valence-corrected chi connectivity index (χ2v) is 6.53. The predicted molar refractivity (Wildman–Crippen MR) is 73.7 cm³/mol. The minimum atomic E-state index is -0.748. The molecule has 1 heterocycles. The number of carboxylic acids is 1. The van der Waals surface area contributed by atoms with Crippen molar-refractivity contribution in [2.75, 3.05) is 0 Å². The maximum absolute atomic E-state index is 11.7. The van der Waals surface area contributed by atoms with E-state index in [0.29, 0.717) is 12.5 Å². The van der Waals surface area contributed by atoms with Crippen LogP contribution in [0.4, 0.5) is 0 Å². The summed E-state index contributed by atoms with van der Waals surface area (Å²) in [6, 6.07) is 4.05. The number of carbonyl (C=O) groups is 1. The van der Waals surface area contributed by atoms with Crippen LogP contribution in [0.1, 0.15) is 38.0 Å². The quantitative estimate of drug-likeness (QED) is 0.881. The molecule has 3 atom stereocenters. The van der Waals surface area contributed by atoms with Gasteiger partial charge >= 0.3 is 5.97 Å². The van der Waals surface area contributed by atoms with E-state index in [1.165, 1.54) is 4.88 Å². The van der Waals surface area contributed by atoms with Crippen LogP contribution >= 0.6 is 11.3 Å². The van der Waals surface area contributed by atoms with E-state index in [0.717, 1.165) is 19.3 Å². The number of rotatable bonds is 4. The molecule has 100 valence electrons. The van der Waals surface area contributed by atoms with Gasteiger partial charge in [0.1, 0.15) is 5.54 Å². The molecule has 0 bridgehead atoms. The van der Waals surface area contributed by atoms with Crippen molar-refractivity contribution >= 4 is 17.3 Å². The maximum atomic E-state index is 11.7. The molecule has 3 unspecified atom stereocenters. The van der Waals surface area contributed by atoms with Gasteiger partial charge in [0.25, 0.3) is 0 Å². The van der Waals surface area contributed by atoms with Crippen LogP contribution in [-0.2, 0) is 11.3 Å². The topological polar surface area (TPSA) is 49.3 Å². The fraction of sp³-hybridized carbons (Fsp3) is 0.643. The lowest BCUT2D eigenvalue weighted by Gasteiger charge is -2.42. The van der Waals surface area contributed by atoms with Gasteiger partial charge in [-0.05, 0) is 36.1 Å². The summed E-state index contributed by atoms with van der Waals surface area (Å²) in [6.45, 7) is 4.86. The normalized spacial score (nSPS) is 32.3. The molecule has 1 fully saturated rings. The third-order valence-electron chi connectivity index (χ3n) is 4.14. The first-order chi connectivity index (χ1) is 8.54. The SMILES string of the molecule is CC1CCC(C)C(NCc2cccs2)(C(=O)O)C1. The molecule has 0 amide bonds. The summed E-state index contributed by atoms with van der Waals surface area (Å²) in [5.41, 5.74) is -0.748. The first kappa shape index (κ1) is 13.6.